The van der Waals surface area contributed by atoms with Crippen LogP contribution < -0.4 is 0 Å². The molecular formula is C15H26O2. The summed E-state index contributed by atoms with van der Waals surface area (Å²) in [7, 11) is 0. The lowest BCUT2D eigenvalue weighted by molar-refractivity contribution is -0.132. The summed E-state index contributed by atoms with van der Waals surface area (Å²) in [6.45, 7) is 7.69. The van der Waals surface area contributed by atoms with Crippen molar-refractivity contribution in [2.24, 2.45) is 17.3 Å². The number of Topliss-reactive ketones (excluding diaryl/α,β-unsaturated/α-hetero) is 1. The average Bonchev–Trinajstić information content (AvgIpc) is 2.28. The molecule has 2 aliphatic rings. The summed E-state index contributed by atoms with van der Waals surface area (Å²) in [4.78, 5) is 11.5. The second-order valence-corrected chi connectivity index (χ2v) is 6.88. The molecular weight excluding hydrogens is 212 g/mol. The van der Waals surface area contributed by atoms with E-state index in [0.717, 1.165) is 5.92 Å². The Morgan fingerprint density at radius 3 is 2.29 bits per heavy atom. The largest absolute Gasteiger partial charge is 0.377 e. The molecule has 1 saturated carbocycles. The molecule has 0 spiro atoms. The smallest absolute Gasteiger partial charge is 0.137 e. The predicted octanol–water partition coefficient (Wildman–Crippen LogP) is 3.59. The SMILES string of the molecule is CC(C)(C)C1CCC(C2CC(=O)CCO2)CC1. The van der Waals surface area contributed by atoms with E-state index in [9.17, 15) is 4.79 Å². The molecule has 0 aromatic rings. The molecule has 17 heavy (non-hydrogen) atoms. The first kappa shape index (κ1) is 13.1. The van der Waals surface area contributed by atoms with Crippen molar-refractivity contribution >= 4 is 5.78 Å². The number of rotatable bonds is 1. The fraction of sp³-hybridized carbons (Fsp3) is 0.933. The summed E-state index contributed by atoms with van der Waals surface area (Å²) in [6, 6.07) is 0. The van der Waals surface area contributed by atoms with Gasteiger partial charge in [-0.25, -0.2) is 0 Å². The summed E-state index contributed by atoms with van der Waals surface area (Å²) in [5.41, 5.74) is 0.439. The minimum absolute atomic E-state index is 0.233. The van der Waals surface area contributed by atoms with E-state index in [0.29, 0.717) is 36.6 Å². The van der Waals surface area contributed by atoms with E-state index < -0.39 is 0 Å². The van der Waals surface area contributed by atoms with Gasteiger partial charge in [0.25, 0.3) is 0 Å². The Morgan fingerprint density at radius 2 is 1.76 bits per heavy atom. The Balaban J connectivity index is 1.84. The van der Waals surface area contributed by atoms with Gasteiger partial charge in [-0.1, -0.05) is 20.8 Å². The van der Waals surface area contributed by atoms with Crippen molar-refractivity contribution in [1.82, 2.24) is 0 Å². The summed E-state index contributed by atoms with van der Waals surface area (Å²) in [5.74, 6) is 1.88. The van der Waals surface area contributed by atoms with Crippen LogP contribution in [-0.2, 0) is 9.53 Å². The highest BCUT2D eigenvalue weighted by Crippen LogP contribution is 2.41. The minimum Gasteiger partial charge on any atom is -0.377 e. The maximum Gasteiger partial charge on any atom is 0.137 e. The van der Waals surface area contributed by atoms with Gasteiger partial charge in [-0.05, 0) is 42.9 Å². The number of carbonyl (C=O) groups is 1. The zero-order valence-corrected chi connectivity index (χ0v) is 11.5. The van der Waals surface area contributed by atoms with E-state index in [-0.39, 0.29) is 6.10 Å². The van der Waals surface area contributed by atoms with Crippen LogP contribution in [0.4, 0.5) is 0 Å². The lowest BCUT2D eigenvalue weighted by Crippen LogP contribution is -2.36. The van der Waals surface area contributed by atoms with Crippen LogP contribution in [0.15, 0.2) is 0 Å². The summed E-state index contributed by atoms with van der Waals surface area (Å²) >= 11 is 0. The maximum absolute atomic E-state index is 11.5. The predicted molar refractivity (Wildman–Crippen MR) is 68.9 cm³/mol. The highest BCUT2D eigenvalue weighted by molar-refractivity contribution is 5.79. The lowest BCUT2D eigenvalue weighted by Gasteiger charge is -2.40. The molecule has 2 nitrogen and oxygen atoms in total. The molecule has 1 saturated heterocycles. The molecule has 98 valence electrons. The van der Waals surface area contributed by atoms with E-state index in [4.69, 9.17) is 4.74 Å². The van der Waals surface area contributed by atoms with Crippen LogP contribution in [0, 0.1) is 17.3 Å². The van der Waals surface area contributed by atoms with Crippen molar-refractivity contribution in [2.75, 3.05) is 6.61 Å². The van der Waals surface area contributed by atoms with Gasteiger partial charge in [0.05, 0.1) is 12.7 Å². The van der Waals surface area contributed by atoms with Crippen LogP contribution in [0.2, 0.25) is 0 Å². The first-order valence-electron chi connectivity index (χ1n) is 7.10. The second-order valence-electron chi connectivity index (χ2n) is 6.88. The fourth-order valence-corrected chi connectivity index (χ4v) is 3.37. The van der Waals surface area contributed by atoms with Gasteiger partial charge in [0.2, 0.25) is 0 Å². The lowest BCUT2D eigenvalue weighted by atomic mass is 9.68. The monoisotopic (exact) mass is 238 g/mol. The minimum atomic E-state index is 0.233. The van der Waals surface area contributed by atoms with Crippen molar-refractivity contribution in [1.29, 1.82) is 0 Å². The van der Waals surface area contributed by atoms with Gasteiger partial charge >= 0.3 is 0 Å². The summed E-state index contributed by atoms with van der Waals surface area (Å²) in [5, 5.41) is 0. The molecule has 1 atom stereocenters. The van der Waals surface area contributed by atoms with Crippen LogP contribution in [0.3, 0.4) is 0 Å². The molecule has 0 amide bonds. The third kappa shape index (κ3) is 3.31. The van der Waals surface area contributed by atoms with Gasteiger partial charge in [-0.15, -0.1) is 0 Å². The van der Waals surface area contributed by atoms with Gasteiger partial charge in [0, 0.05) is 12.8 Å². The van der Waals surface area contributed by atoms with Crippen LogP contribution in [0.1, 0.15) is 59.3 Å². The molecule has 2 fully saturated rings. The topological polar surface area (TPSA) is 26.3 Å². The molecule has 1 heterocycles. The maximum atomic E-state index is 11.5. The van der Waals surface area contributed by atoms with Crippen molar-refractivity contribution in [3.8, 4) is 0 Å². The zero-order valence-electron chi connectivity index (χ0n) is 11.5. The van der Waals surface area contributed by atoms with E-state index >= 15 is 0 Å². The van der Waals surface area contributed by atoms with Crippen molar-refractivity contribution in [2.45, 2.75) is 65.4 Å². The summed E-state index contributed by atoms with van der Waals surface area (Å²) < 4.78 is 5.79. The van der Waals surface area contributed by atoms with Gasteiger partial charge in [-0.3, -0.25) is 4.79 Å². The number of hydrogen-bond acceptors (Lipinski definition) is 2. The molecule has 2 heteroatoms. The van der Waals surface area contributed by atoms with Gasteiger partial charge in [0.15, 0.2) is 0 Å². The molecule has 0 aromatic carbocycles. The molecule has 2 rings (SSSR count). The van der Waals surface area contributed by atoms with E-state index in [1.807, 2.05) is 0 Å². The second kappa shape index (κ2) is 5.09. The van der Waals surface area contributed by atoms with Crippen LogP contribution in [0.5, 0.6) is 0 Å². The van der Waals surface area contributed by atoms with E-state index in [1.165, 1.54) is 25.7 Å². The molecule has 0 radical (unpaired) electrons. The first-order valence-corrected chi connectivity index (χ1v) is 7.10. The van der Waals surface area contributed by atoms with Gasteiger partial charge < -0.3 is 4.74 Å². The fourth-order valence-electron chi connectivity index (χ4n) is 3.37. The Morgan fingerprint density at radius 1 is 1.12 bits per heavy atom. The number of ether oxygens (including phenoxy) is 1. The summed E-state index contributed by atoms with van der Waals surface area (Å²) in [6.07, 6.45) is 6.65. The Kier molecular flexibility index (Phi) is 3.92. The van der Waals surface area contributed by atoms with Crippen LogP contribution >= 0.6 is 0 Å². The molecule has 0 bridgehead atoms. The Hall–Kier alpha value is -0.370. The highest BCUT2D eigenvalue weighted by Gasteiger charge is 2.34. The quantitative estimate of drug-likeness (QED) is 0.698. The zero-order chi connectivity index (χ0) is 12.5. The first-order chi connectivity index (χ1) is 7.97. The highest BCUT2D eigenvalue weighted by atomic mass is 16.5. The van der Waals surface area contributed by atoms with Crippen LogP contribution in [-0.4, -0.2) is 18.5 Å². The molecule has 0 N–H and O–H groups in total. The Bertz CT molecular complexity index is 269. The Labute approximate surface area is 105 Å². The number of ketones is 1. The molecule has 1 aliphatic heterocycles. The third-order valence-electron chi connectivity index (χ3n) is 4.66. The van der Waals surface area contributed by atoms with Gasteiger partial charge in [-0.2, -0.15) is 0 Å². The number of carbonyl (C=O) groups excluding carboxylic acids is 1. The third-order valence-corrected chi connectivity index (χ3v) is 4.66. The molecule has 1 unspecified atom stereocenters. The van der Waals surface area contributed by atoms with Crippen molar-refractivity contribution in [3.05, 3.63) is 0 Å². The van der Waals surface area contributed by atoms with Gasteiger partial charge in [0.1, 0.15) is 5.78 Å². The molecule has 1 aliphatic carbocycles. The number of hydrogen-bond donors (Lipinski definition) is 0. The average molecular weight is 238 g/mol. The van der Waals surface area contributed by atoms with E-state index in [1.54, 1.807) is 0 Å². The molecule has 0 aromatic heterocycles. The van der Waals surface area contributed by atoms with Crippen molar-refractivity contribution in [3.63, 3.8) is 0 Å². The standard InChI is InChI=1S/C15H26O2/c1-15(2,3)12-6-4-11(5-7-12)14-10-13(16)8-9-17-14/h11-12,14H,4-10H2,1-3H3. The van der Waals surface area contributed by atoms with Crippen LogP contribution in [0.25, 0.3) is 0 Å². The normalized spacial score (nSPS) is 35.9. The van der Waals surface area contributed by atoms with E-state index in [2.05, 4.69) is 20.8 Å². The van der Waals surface area contributed by atoms with Crippen molar-refractivity contribution < 1.29 is 9.53 Å².